The molecule has 1 aliphatic heterocycles. The van der Waals surface area contributed by atoms with Crippen LogP contribution < -0.4 is 10.6 Å². The van der Waals surface area contributed by atoms with Gasteiger partial charge in [0.05, 0.1) is 6.42 Å². The van der Waals surface area contributed by atoms with Crippen LogP contribution in [0.1, 0.15) is 24.8 Å². The van der Waals surface area contributed by atoms with Gasteiger partial charge in [0.15, 0.2) is 0 Å². The van der Waals surface area contributed by atoms with Crippen molar-refractivity contribution in [1.82, 2.24) is 10.6 Å². The van der Waals surface area contributed by atoms with Gasteiger partial charge in [-0.25, -0.2) is 0 Å². The average Bonchev–Trinajstić information content (AvgIpc) is 2.88. The van der Waals surface area contributed by atoms with E-state index in [1.807, 2.05) is 16.8 Å². The fourth-order valence-electron chi connectivity index (χ4n) is 2.36. The third-order valence-corrected chi connectivity index (χ3v) is 5.29. The van der Waals surface area contributed by atoms with E-state index >= 15 is 0 Å². The van der Waals surface area contributed by atoms with Crippen molar-refractivity contribution in [2.45, 2.75) is 37.5 Å². The minimum absolute atomic E-state index is 0. The largest absolute Gasteiger partial charge is 0.349 e. The number of amides is 1. The minimum atomic E-state index is -4.38. The first-order valence-corrected chi connectivity index (χ1v) is 9.18. The third kappa shape index (κ3) is 5.70. The van der Waals surface area contributed by atoms with Crippen LogP contribution in [0.25, 0.3) is 0 Å². The molecule has 2 atom stereocenters. The Labute approximate surface area is 133 Å². The van der Waals surface area contributed by atoms with Crippen LogP contribution in [0.3, 0.4) is 0 Å². The van der Waals surface area contributed by atoms with Gasteiger partial charge >= 0.3 is 7.60 Å². The summed E-state index contributed by atoms with van der Waals surface area (Å²) in [7, 11) is -4.38. The number of halogens is 1. The molecule has 0 bridgehead atoms. The first kappa shape index (κ1) is 18.6. The van der Waals surface area contributed by atoms with E-state index in [0.29, 0.717) is 6.42 Å². The lowest BCUT2D eigenvalue weighted by Gasteiger charge is -2.32. The fraction of sp³-hybridized carbons (Fsp3) is 0.583. The Morgan fingerprint density at radius 3 is 2.81 bits per heavy atom. The monoisotopic (exact) mass is 354 g/mol. The van der Waals surface area contributed by atoms with Crippen LogP contribution in [-0.4, -0.2) is 34.1 Å². The van der Waals surface area contributed by atoms with Gasteiger partial charge in [-0.15, -0.1) is 12.4 Å². The van der Waals surface area contributed by atoms with Gasteiger partial charge in [-0.1, -0.05) is 6.42 Å². The highest BCUT2D eigenvalue weighted by Gasteiger charge is 2.37. The molecule has 0 spiro atoms. The number of carbonyl (C=O) groups is 1. The SMILES string of the molecule is Cl.O=C(Cc1ccsc1)NC(C1CCCCN1)P(=O)(O)O. The maximum Gasteiger partial charge on any atom is 0.349 e. The quantitative estimate of drug-likeness (QED) is 0.600. The van der Waals surface area contributed by atoms with Crippen molar-refractivity contribution in [3.8, 4) is 0 Å². The summed E-state index contributed by atoms with van der Waals surface area (Å²) in [6.07, 6.45) is 2.71. The van der Waals surface area contributed by atoms with Gasteiger partial charge < -0.3 is 20.4 Å². The standard InChI is InChI=1S/C12H19N2O4PS.ClH/c15-11(7-9-4-6-20-8-9)14-12(19(16,17)18)10-3-1-2-5-13-10;/h4,6,8,10,12-13H,1-3,5,7H2,(H,14,15)(H2,16,17,18);1H. The molecule has 9 heteroatoms. The zero-order valence-corrected chi connectivity index (χ0v) is 13.9. The lowest BCUT2D eigenvalue weighted by atomic mass is 10.0. The van der Waals surface area contributed by atoms with Gasteiger partial charge in [0.1, 0.15) is 5.78 Å². The normalized spacial score (nSPS) is 20.4. The van der Waals surface area contributed by atoms with Crippen LogP contribution in [-0.2, 0) is 15.8 Å². The van der Waals surface area contributed by atoms with Crippen molar-refractivity contribution >= 4 is 37.2 Å². The molecule has 21 heavy (non-hydrogen) atoms. The molecule has 2 unspecified atom stereocenters. The van der Waals surface area contributed by atoms with Crippen molar-refractivity contribution in [1.29, 1.82) is 0 Å². The molecule has 4 N–H and O–H groups in total. The van der Waals surface area contributed by atoms with Gasteiger partial charge in [-0.05, 0) is 41.8 Å². The van der Waals surface area contributed by atoms with E-state index in [1.54, 1.807) is 0 Å². The number of hydrogen-bond donors (Lipinski definition) is 4. The maximum absolute atomic E-state index is 11.9. The highest BCUT2D eigenvalue weighted by atomic mass is 35.5. The summed E-state index contributed by atoms with van der Waals surface area (Å²) < 4.78 is 11.6. The summed E-state index contributed by atoms with van der Waals surface area (Å²) in [6, 6.07) is 1.46. The van der Waals surface area contributed by atoms with Crippen LogP contribution in [0.2, 0.25) is 0 Å². The molecular weight excluding hydrogens is 335 g/mol. The molecule has 120 valence electrons. The summed E-state index contributed by atoms with van der Waals surface area (Å²) >= 11 is 1.49. The van der Waals surface area contributed by atoms with Crippen LogP contribution in [0.4, 0.5) is 0 Å². The number of piperidine rings is 1. The second-order valence-corrected chi connectivity index (χ2v) is 7.48. The number of hydrogen-bond acceptors (Lipinski definition) is 4. The first-order chi connectivity index (χ1) is 9.47. The molecular formula is C12H20ClN2O4PS. The topological polar surface area (TPSA) is 98.7 Å². The second kappa shape index (κ2) is 8.27. The molecule has 2 rings (SSSR count). The Morgan fingerprint density at radius 2 is 2.29 bits per heavy atom. The van der Waals surface area contributed by atoms with Crippen molar-refractivity contribution in [2.24, 2.45) is 0 Å². The van der Waals surface area contributed by atoms with Crippen molar-refractivity contribution in [3.05, 3.63) is 22.4 Å². The Kier molecular flexibility index (Phi) is 7.33. The zero-order valence-electron chi connectivity index (χ0n) is 11.4. The van der Waals surface area contributed by atoms with Gasteiger partial charge in [-0.2, -0.15) is 11.3 Å². The van der Waals surface area contributed by atoms with Gasteiger partial charge in [0.25, 0.3) is 0 Å². The number of thiophene rings is 1. The third-order valence-electron chi connectivity index (χ3n) is 3.35. The molecule has 2 heterocycles. The molecule has 6 nitrogen and oxygen atoms in total. The fourth-order valence-corrected chi connectivity index (χ4v) is 4.07. The summed E-state index contributed by atoms with van der Waals surface area (Å²) in [5.74, 6) is -1.50. The van der Waals surface area contributed by atoms with Crippen LogP contribution in [0.15, 0.2) is 16.8 Å². The Balaban J connectivity index is 0.00000220. The number of carbonyl (C=O) groups excluding carboxylic acids is 1. The van der Waals surface area contributed by atoms with Gasteiger partial charge in [0, 0.05) is 6.04 Å². The Hall–Kier alpha value is -0.430. The average molecular weight is 355 g/mol. The Bertz CT molecular complexity index is 487. The van der Waals surface area contributed by atoms with Crippen molar-refractivity contribution < 1.29 is 19.1 Å². The van der Waals surface area contributed by atoms with E-state index in [9.17, 15) is 19.1 Å². The molecule has 0 aromatic carbocycles. The van der Waals surface area contributed by atoms with Crippen LogP contribution in [0.5, 0.6) is 0 Å². The lowest BCUT2D eigenvalue weighted by molar-refractivity contribution is -0.121. The minimum Gasteiger partial charge on any atom is -0.340 e. The van der Waals surface area contributed by atoms with E-state index in [4.69, 9.17) is 0 Å². The van der Waals surface area contributed by atoms with Crippen molar-refractivity contribution in [2.75, 3.05) is 6.54 Å². The van der Waals surface area contributed by atoms with Gasteiger partial charge in [0.2, 0.25) is 5.91 Å². The highest BCUT2D eigenvalue weighted by Crippen LogP contribution is 2.42. The summed E-state index contributed by atoms with van der Waals surface area (Å²) in [4.78, 5) is 30.9. The molecule has 1 saturated heterocycles. The number of nitrogens with one attached hydrogen (secondary N) is 2. The molecule has 1 aromatic rings. The van der Waals surface area contributed by atoms with Gasteiger partial charge in [-0.3, -0.25) is 9.36 Å². The predicted octanol–water partition coefficient (Wildman–Crippen LogP) is 1.47. The number of rotatable bonds is 5. The maximum atomic E-state index is 11.9. The molecule has 1 fully saturated rings. The lowest BCUT2D eigenvalue weighted by Crippen LogP contribution is -2.51. The smallest absolute Gasteiger partial charge is 0.340 e. The first-order valence-electron chi connectivity index (χ1n) is 6.56. The van der Waals surface area contributed by atoms with E-state index < -0.39 is 13.4 Å². The molecule has 1 amide bonds. The molecule has 1 aliphatic rings. The van der Waals surface area contributed by atoms with E-state index in [2.05, 4.69) is 10.6 Å². The molecule has 0 aliphatic carbocycles. The zero-order chi connectivity index (χ0) is 14.6. The molecule has 0 radical (unpaired) electrons. The summed E-state index contributed by atoms with van der Waals surface area (Å²) in [5.41, 5.74) is 0.855. The van der Waals surface area contributed by atoms with Crippen molar-refractivity contribution in [3.63, 3.8) is 0 Å². The second-order valence-electron chi connectivity index (χ2n) is 4.97. The van der Waals surface area contributed by atoms with E-state index in [0.717, 1.165) is 24.9 Å². The summed E-state index contributed by atoms with van der Waals surface area (Å²) in [5, 5.41) is 9.31. The molecule has 0 saturated carbocycles. The predicted molar refractivity (Wildman–Crippen MR) is 84.9 cm³/mol. The van der Waals surface area contributed by atoms with Crippen LogP contribution in [0, 0.1) is 0 Å². The molecule has 1 aromatic heterocycles. The van der Waals surface area contributed by atoms with Crippen LogP contribution >= 0.6 is 31.3 Å². The summed E-state index contributed by atoms with van der Waals surface area (Å²) in [6.45, 7) is 0.724. The van der Waals surface area contributed by atoms with E-state index in [1.165, 1.54) is 11.3 Å². The van der Waals surface area contributed by atoms with E-state index in [-0.39, 0.29) is 30.8 Å². The highest BCUT2D eigenvalue weighted by molar-refractivity contribution is 7.52. The Morgan fingerprint density at radius 1 is 1.52 bits per heavy atom.